The van der Waals surface area contributed by atoms with Crippen LogP contribution in [0.2, 0.25) is 0 Å². The van der Waals surface area contributed by atoms with Gasteiger partial charge in [0.25, 0.3) is 0 Å². The number of fused-ring (bicyclic) bond motifs is 1. The van der Waals surface area contributed by atoms with E-state index in [1.165, 1.54) is 30.2 Å². The maximum absolute atomic E-state index is 11.5. The number of anilines is 1. The Hall–Kier alpha value is -1.60. The van der Waals surface area contributed by atoms with Crippen LogP contribution in [-0.2, 0) is 22.9 Å². The van der Waals surface area contributed by atoms with E-state index in [4.69, 9.17) is 5.73 Å². The number of nitrogens with one attached hydrogen (secondary N) is 2. The van der Waals surface area contributed by atoms with Crippen molar-refractivity contribution >= 4 is 21.7 Å². The van der Waals surface area contributed by atoms with Gasteiger partial charge >= 0.3 is 0 Å². The number of hydrogen-bond acceptors (Lipinski definition) is 3. The van der Waals surface area contributed by atoms with Gasteiger partial charge in [-0.1, -0.05) is 18.6 Å². The maximum atomic E-state index is 11.5. The van der Waals surface area contributed by atoms with Crippen molar-refractivity contribution in [2.75, 3.05) is 18.1 Å². The summed E-state index contributed by atoms with van der Waals surface area (Å²) in [6, 6.07) is 6.27. The second kappa shape index (κ2) is 7.74. The molecular weight excluding hydrogens is 336 g/mol. The third-order valence-corrected chi connectivity index (χ3v) is 5.91. The molecule has 1 saturated carbocycles. The summed E-state index contributed by atoms with van der Waals surface area (Å²) < 4.78 is 25.7. The molecule has 2 aliphatic carbocycles. The first-order chi connectivity index (χ1) is 11.9. The second-order valence-electron chi connectivity index (χ2n) is 7.19. The minimum absolute atomic E-state index is 0.0314. The highest BCUT2D eigenvalue weighted by atomic mass is 32.2. The zero-order valence-corrected chi connectivity index (χ0v) is 15.6. The minimum atomic E-state index is -3.18. The highest BCUT2D eigenvalue weighted by molar-refractivity contribution is 7.88. The van der Waals surface area contributed by atoms with E-state index >= 15 is 0 Å². The van der Waals surface area contributed by atoms with Crippen LogP contribution in [0.25, 0.3) is 0 Å². The molecule has 2 unspecified atom stereocenters. The molecule has 7 heteroatoms. The molecule has 2 aliphatic rings. The fraction of sp³-hybridized carbons (Fsp3) is 0.611. The lowest BCUT2D eigenvalue weighted by Gasteiger charge is -2.20. The van der Waals surface area contributed by atoms with Crippen molar-refractivity contribution in [3.63, 3.8) is 0 Å². The number of hydrogen-bond donors (Lipinski definition) is 3. The molecule has 3 rings (SSSR count). The monoisotopic (exact) mass is 364 g/mol. The topological polar surface area (TPSA) is 96.6 Å². The Labute approximate surface area is 150 Å². The number of sulfonamides is 1. The fourth-order valence-corrected chi connectivity index (χ4v) is 4.84. The Balaban J connectivity index is 1.63. The molecule has 0 saturated heterocycles. The summed E-state index contributed by atoms with van der Waals surface area (Å²) in [5, 5.41) is 3.25. The molecule has 1 aromatic carbocycles. The second-order valence-corrected chi connectivity index (χ2v) is 8.97. The predicted octanol–water partition coefficient (Wildman–Crippen LogP) is 2.01. The van der Waals surface area contributed by atoms with E-state index in [-0.39, 0.29) is 12.0 Å². The lowest BCUT2D eigenvalue weighted by Crippen LogP contribution is -2.38. The summed E-state index contributed by atoms with van der Waals surface area (Å²) in [4.78, 5) is 4.48. The van der Waals surface area contributed by atoms with Crippen molar-refractivity contribution < 1.29 is 8.42 Å². The molecule has 6 nitrogen and oxygen atoms in total. The van der Waals surface area contributed by atoms with E-state index in [0.717, 1.165) is 37.8 Å². The van der Waals surface area contributed by atoms with Crippen LogP contribution in [0.15, 0.2) is 23.2 Å². The zero-order chi connectivity index (χ0) is 17.9. The number of benzene rings is 1. The molecule has 138 valence electrons. The van der Waals surface area contributed by atoms with Crippen molar-refractivity contribution in [2.45, 2.75) is 51.0 Å². The molecule has 0 amide bonds. The Morgan fingerprint density at radius 3 is 2.84 bits per heavy atom. The number of nitrogens with two attached hydrogens (primary N) is 1. The number of guanidine groups is 1. The van der Waals surface area contributed by atoms with Crippen LogP contribution in [0.5, 0.6) is 0 Å². The fourth-order valence-electron chi connectivity index (χ4n) is 3.98. The van der Waals surface area contributed by atoms with Gasteiger partial charge in [0.05, 0.1) is 6.26 Å². The van der Waals surface area contributed by atoms with E-state index in [0.29, 0.717) is 12.5 Å². The Kier molecular flexibility index (Phi) is 5.64. The summed E-state index contributed by atoms with van der Waals surface area (Å²) in [6.07, 6.45) is 8.74. The normalized spacial score (nSPS) is 24.1. The molecule has 0 spiro atoms. The molecular formula is C18H28N4O2S. The molecule has 25 heavy (non-hydrogen) atoms. The molecule has 2 atom stereocenters. The van der Waals surface area contributed by atoms with Gasteiger partial charge < -0.3 is 11.1 Å². The first-order valence-electron chi connectivity index (χ1n) is 9.07. The Morgan fingerprint density at radius 2 is 2.04 bits per heavy atom. The maximum Gasteiger partial charge on any atom is 0.208 e. The van der Waals surface area contributed by atoms with Crippen LogP contribution in [0.1, 0.15) is 43.2 Å². The molecule has 0 heterocycles. The minimum Gasteiger partial charge on any atom is -0.370 e. The third kappa shape index (κ3) is 4.95. The summed E-state index contributed by atoms with van der Waals surface area (Å²) in [7, 11) is -3.18. The lowest BCUT2D eigenvalue weighted by molar-refractivity contribution is 0.455. The van der Waals surface area contributed by atoms with Crippen molar-refractivity contribution in [2.24, 2.45) is 16.6 Å². The first-order valence-corrected chi connectivity index (χ1v) is 11.0. The highest BCUT2D eigenvalue weighted by Crippen LogP contribution is 2.28. The smallest absolute Gasteiger partial charge is 0.208 e. The van der Waals surface area contributed by atoms with E-state index in [1.54, 1.807) is 0 Å². The number of aliphatic imine (C=N–C) groups is 1. The van der Waals surface area contributed by atoms with Gasteiger partial charge in [-0.3, -0.25) is 4.99 Å². The summed E-state index contributed by atoms with van der Waals surface area (Å²) >= 11 is 0. The van der Waals surface area contributed by atoms with Gasteiger partial charge in [0.2, 0.25) is 10.0 Å². The van der Waals surface area contributed by atoms with Crippen molar-refractivity contribution in [3.8, 4) is 0 Å². The summed E-state index contributed by atoms with van der Waals surface area (Å²) in [6.45, 7) is 0.543. The number of nitrogens with zero attached hydrogens (tertiary/aromatic N) is 1. The average Bonchev–Trinajstić information content (AvgIpc) is 2.98. The van der Waals surface area contributed by atoms with Gasteiger partial charge in [-0.25, -0.2) is 13.1 Å². The van der Waals surface area contributed by atoms with E-state index < -0.39 is 10.0 Å². The van der Waals surface area contributed by atoms with Crippen LogP contribution in [0, 0.1) is 5.92 Å². The van der Waals surface area contributed by atoms with Gasteiger partial charge in [0.15, 0.2) is 5.96 Å². The lowest BCUT2D eigenvalue weighted by atomic mass is 9.90. The molecule has 4 N–H and O–H groups in total. The molecule has 0 radical (unpaired) electrons. The molecule has 0 aromatic heterocycles. The van der Waals surface area contributed by atoms with E-state index in [1.807, 2.05) is 0 Å². The van der Waals surface area contributed by atoms with Gasteiger partial charge in [-0.2, -0.15) is 0 Å². The molecule has 1 aromatic rings. The number of aryl methyl sites for hydroxylation is 1. The van der Waals surface area contributed by atoms with Crippen LogP contribution in [0.4, 0.5) is 5.69 Å². The highest BCUT2D eigenvalue weighted by Gasteiger charge is 2.29. The van der Waals surface area contributed by atoms with Crippen LogP contribution >= 0.6 is 0 Å². The van der Waals surface area contributed by atoms with Crippen molar-refractivity contribution in [1.82, 2.24) is 4.72 Å². The number of rotatable bonds is 5. The van der Waals surface area contributed by atoms with Crippen molar-refractivity contribution in [1.29, 1.82) is 0 Å². The first kappa shape index (κ1) is 18.2. The van der Waals surface area contributed by atoms with Crippen LogP contribution in [-0.4, -0.2) is 33.2 Å². The average molecular weight is 365 g/mol. The van der Waals surface area contributed by atoms with E-state index in [2.05, 4.69) is 33.2 Å². The van der Waals surface area contributed by atoms with Gasteiger partial charge in [0.1, 0.15) is 0 Å². The molecule has 0 aliphatic heterocycles. The third-order valence-electron chi connectivity index (χ3n) is 5.18. The Bertz CT molecular complexity index is 745. The summed E-state index contributed by atoms with van der Waals surface area (Å²) in [5.74, 6) is 0.615. The van der Waals surface area contributed by atoms with Gasteiger partial charge in [0, 0.05) is 18.3 Å². The SMILES string of the molecule is CS(=O)(=O)NC1CCCC1CN=C(N)Nc1cccc2c1CCCC2. The van der Waals surface area contributed by atoms with Crippen LogP contribution in [0.3, 0.4) is 0 Å². The standard InChI is InChI=1S/C18H28N4O2S/c1-25(23,24)22-16-10-5-8-14(16)12-20-18(19)21-17-11-4-7-13-6-2-3-9-15(13)17/h4,7,11,14,16,22H,2-3,5-6,8-10,12H2,1H3,(H3,19,20,21). The largest absolute Gasteiger partial charge is 0.370 e. The quantitative estimate of drug-likeness (QED) is 0.550. The van der Waals surface area contributed by atoms with Crippen molar-refractivity contribution in [3.05, 3.63) is 29.3 Å². The molecule has 0 bridgehead atoms. The Morgan fingerprint density at radius 1 is 1.24 bits per heavy atom. The van der Waals surface area contributed by atoms with E-state index in [9.17, 15) is 8.42 Å². The van der Waals surface area contributed by atoms with Crippen LogP contribution < -0.4 is 15.8 Å². The van der Waals surface area contributed by atoms with Gasteiger partial charge in [-0.15, -0.1) is 0 Å². The predicted molar refractivity (Wildman–Crippen MR) is 102 cm³/mol. The van der Waals surface area contributed by atoms with Gasteiger partial charge in [-0.05, 0) is 61.6 Å². The summed E-state index contributed by atoms with van der Waals surface area (Å²) in [5.41, 5.74) is 9.89. The molecule has 1 fully saturated rings. The zero-order valence-electron chi connectivity index (χ0n) is 14.8.